The Labute approximate surface area is 150 Å². The summed E-state index contributed by atoms with van der Waals surface area (Å²) in [5.41, 5.74) is 2.39. The molecule has 0 radical (unpaired) electrons. The molecule has 2 aliphatic rings. The Morgan fingerprint density at radius 3 is 2.88 bits per heavy atom. The van der Waals surface area contributed by atoms with Gasteiger partial charge in [0.05, 0.1) is 5.56 Å². The molecule has 0 spiro atoms. The first-order valence-corrected chi connectivity index (χ1v) is 8.37. The summed E-state index contributed by atoms with van der Waals surface area (Å²) in [6, 6.07) is 10.8. The van der Waals surface area contributed by atoms with Crippen LogP contribution < -0.4 is 14.8 Å². The zero-order chi connectivity index (χ0) is 17.2. The standard InChI is InChI=1S/C18H17ClN2O4/c19-12-2-3-13-14(8-12)20-10-21-18(13)25-9-15(22)11-1-4-16-17(7-11)24-6-5-23-16/h1-4,7-8,15,20,22H,5-6,9-10H2/t15-/m0/s1. The number of hydrogen-bond acceptors (Lipinski definition) is 6. The van der Waals surface area contributed by atoms with E-state index in [1.165, 1.54) is 0 Å². The summed E-state index contributed by atoms with van der Waals surface area (Å²) in [7, 11) is 0. The normalized spacial score (nSPS) is 16.3. The van der Waals surface area contributed by atoms with Crippen molar-refractivity contribution in [3.05, 3.63) is 52.5 Å². The number of aliphatic hydroxyl groups excluding tert-OH is 1. The van der Waals surface area contributed by atoms with E-state index in [4.69, 9.17) is 25.8 Å². The van der Waals surface area contributed by atoms with Crippen molar-refractivity contribution in [3.63, 3.8) is 0 Å². The van der Waals surface area contributed by atoms with Crippen LogP contribution in [0.5, 0.6) is 11.5 Å². The Bertz CT molecular complexity index is 825. The van der Waals surface area contributed by atoms with Crippen molar-refractivity contribution in [2.45, 2.75) is 6.10 Å². The molecule has 130 valence electrons. The minimum absolute atomic E-state index is 0.0839. The Balaban J connectivity index is 1.46. The Morgan fingerprint density at radius 2 is 2.00 bits per heavy atom. The van der Waals surface area contributed by atoms with Gasteiger partial charge in [0.2, 0.25) is 5.90 Å². The zero-order valence-electron chi connectivity index (χ0n) is 13.4. The third-order valence-electron chi connectivity index (χ3n) is 4.03. The fourth-order valence-corrected chi connectivity index (χ4v) is 2.95. The topological polar surface area (TPSA) is 72.3 Å². The van der Waals surface area contributed by atoms with Gasteiger partial charge in [-0.25, -0.2) is 4.99 Å². The van der Waals surface area contributed by atoms with Crippen LogP contribution in [-0.2, 0) is 4.74 Å². The zero-order valence-corrected chi connectivity index (χ0v) is 14.1. The summed E-state index contributed by atoms with van der Waals surface area (Å²) in [5, 5.41) is 14.2. The van der Waals surface area contributed by atoms with Crippen LogP contribution in [0.4, 0.5) is 5.69 Å². The first kappa shape index (κ1) is 16.1. The Hall–Kier alpha value is -2.44. The molecule has 2 aliphatic heterocycles. The molecule has 2 heterocycles. The van der Waals surface area contributed by atoms with Crippen molar-refractivity contribution < 1.29 is 19.3 Å². The molecule has 7 heteroatoms. The van der Waals surface area contributed by atoms with E-state index in [0.29, 0.717) is 47.9 Å². The lowest BCUT2D eigenvalue weighted by molar-refractivity contribution is 0.101. The van der Waals surface area contributed by atoms with E-state index in [9.17, 15) is 5.11 Å². The number of nitrogens with one attached hydrogen (secondary N) is 1. The van der Waals surface area contributed by atoms with Gasteiger partial charge in [0.25, 0.3) is 0 Å². The molecule has 0 aliphatic carbocycles. The van der Waals surface area contributed by atoms with Crippen LogP contribution in [0.15, 0.2) is 41.4 Å². The third-order valence-corrected chi connectivity index (χ3v) is 4.27. The Morgan fingerprint density at radius 1 is 1.16 bits per heavy atom. The molecule has 2 N–H and O–H groups in total. The summed E-state index contributed by atoms with van der Waals surface area (Å²) in [6.07, 6.45) is -0.802. The number of aliphatic imine (C=N–C) groups is 1. The number of rotatable bonds is 3. The highest BCUT2D eigenvalue weighted by atomic mass is 35.5. The molecular weight excluding hydrogens is 344 g/mol. The van der Waals surface area contributed by atoms with Gasteiger partial charge in [-0.05, 0) is 35.9 Å². The molecule has 0 saturated carbocycles. The number of benzene rings is 2. The molecule has 0 amide bonds. The largest absolute Gasteiger partial charge is 0.486 e. The molecule has 0 saturated heterocycles. The van der Waals surface area contributed by atoms with Gasteiger partial charge in [0.1, 0.15) is 32.6 Å². The average Bonchev–Trinajstić information content (AvgIpc) is 2.65. The number of halogens is 1. The van der Waals surface area contributed by atoms with E-state index in [-0.39, 0.29) is 6.61 Å². The van der Waals surface area contributed by atoms with Gasteiger partial charge in [-0.3, -0.25) is 0 Å². The fraction of sp³-hybridized carbons (Fsp3) is 0.278. The van der Waals surface area contributed by atoms with Gasteiger partial charge in [-0.1, -0.05) is 17.7 Å². The molecule has 0 bridgehead atoms. The number of aliphatic hydroxyl groups is 1. The van der Waals surface area contributed by atoms with E-state index in [1.54, 1.807) is 24.3 Å². The van der Waals surface area contributed by atoms with Crippen LogP contribution in [0, 0.1) is 0 Å². The van der Waals surface area contributed by atoms with Crippen molar-refractivity contribution in [3.8, 4) is 11.5 Å². The fourth-order valence-electron chi connectivity index (χ4n) is 2.78. The van der Waals surface area contributed by atoms with Crippen molar-refractivity contribution in [2.24, 2.45) is 4.99 Å². The monoisotopic (exact) mass is 360 g/mol. The van der Waals surface area contributed by atoms with Crippen molar-refractivity contribution in [1.82, 2.24) is 0 Å². The van der Waals surface area contributed by atoms with E-state index in [0.717, 1.165) is 11.3 Å². The van der Waals surface area contributed by atoms with E-state index < -0.39 is 6.10 Å². The van der Waals surface area contributed by atoms with Crippen LogP contribution in [-0.4, -0.2) is 37.5 Å². The average molecular weight is 361 g/mol. The maximum atomic E-state index is 10.4. The molecule has 25 heavy (non-hydrogen) atoms. The maximum Gasteiger partial charge on any atom is 0.220 e. The first-order valence-electron chi connectivity index (χ1n) is 7.99. The van der Waals surface area contributed by atoms with E-state index >= 15 is 0 Å². The summed E-state index contributed by atoms with van der Waals surface area (Å²) in [4.78, 5) is 4.32. The molecule has 0 unspecified atom stereocenters. The van der Waals surface area contributed by atoms with E-state index in [1.807, 2.05) is 12.1 Å². The number of fused-ring (bicyclic) bond motifs is 2. The third kappa shape index (κ3) is 3.36. The molecular formula is C18H17ClN2O4. The van der Waals surface area contributed by atoms with Gasteiger partial charge in [-0.2, -0.15) is 0 Å². The van der Waals surface area contributed by atoms with Crippen molar-refractivity contribution in [1.29, 1.82) is 0 Å². The van der Waals surface area contributed by atoms with Crippen molar-refractivity contribution in [2.75, 3.05) is 31.8 Å². The SMILES string of the molecule is O[C@@H](COC1=NCNc2cc(Cl)ccc21)c1ccc2c(c1)OCCO2. The lowest BCUT2D eigenvalue weighted by Gasteiger charge is -2.22. The molecule has 1 atom stereocenters. The summed E-state index contributed by atoms with van der Waals surface area (Å²) in [6.45, 7) is 1.53. The predicted molar refractivity (Wildman–Crippen MR) is 94.8 cm³/mol. The quantitative estimate of drug-likeness (QED) is 0.880. The van der Waals surface area contributed by atoms with E-state index in [2.05, 4.69) is 10.3 Å². The molecule has 2 aromatic carbocycles. The number of nitrogens with zero attached hydrogens (tertiary/aromatic N) is 1. The molecule has 2 aromatic rings. The van der Waals surface area contributed by atoms with Gasteiger partial charge in [0, 0.05) is 10.7 Å². The second-order valence-electron chi connectivity index (χ2n) is 5.72. The van der Waals surface area contributed by atoms with Crippen molar-refractivity contribution >= 4 is 23.2 Å². The predicted octanol–water partition coefficient (Wildman–Crippen LogP) is 2.99. The number of ether oxygens (including phenoxy) is 3. The first-order chi connectivity index (χ1) is 12.2. The lowest BCUT2D eigenvalue weighted by atomic mass is 10.1. The van der Waals surface area contributed by atoms with Gasteiger partial charge >= 0.3 is 0 Å². The molecule has 6 nitrogen and oxygen atoms in total. The highest BCUT2D eigenvalue weighted by Gasteiger charge is 2.19. The molecule has 0 fully saturated rings. The van der Waals surface area contributed by atoms with Gasteiger partial charge in [-0.15, -0.1) is 0 Å². The summed E-state index contributed by atoms with van der Waals surface area (Å²) < 4.78 is 16.8. The Kier molecular flexibility index (Phi) is 4.38. The highest BCUT2D eigenvalue weighted by molar-refractivity contribution is 6.31. The van der Waals surface area contributed by atoms with Crippen LogP contribution in [0.25, 0.3) is 0 Å². The summed E-state index contributed by atoms with van der Waals surface area (Å²) >= 11 is 6.01. The summed E-state index contributed by atoms with van der Waals surface area (Å²) in [5.74, 6) is 1.82. The molecule has 4 rings (SSSR count). The van der Waals surface area contributed by atoms with Crippen LogP contribution in [0.1, 0.15) is 17.2 Å². The molecule has 0 aromatic heterocycles. The maximum absolute atomic E-state index is 10.4. The van der Waals surface area contributed by atoms with Crippen LogP contribution in [0.3, 0.4) is 0 Å². The minimum atomic E-state index is -0.802. The van der Waals surface area contributed by atoms with Gasteiger partial charge < -0.3 is 24.6 Å². The second-order valence-corrected chi connectivity index (χ2v) is 6.15. The highest BCUT2D eigenvalue weighted by Crippen LogP contribution is 2.33. The second kappa shape index (κ2) is 6.82. The van der Waals surface area contributed by atoms with Crippen LogP contribution in [0.2, 0.25) is 5.02 Å². The minimum Gasteiger partial charge on any atom is -0.486 e. The lowest BCUT2D eigenvalue weighted by Crippen LogP contribution is -2.21. The number of anilines is 1. The van der Waals surface area contributed by atoms with Crippen LogP contribution >= 0.6 is 11.6 Å². The van der Waals surface area contributed by atoms with Gasteiger partial charge in [0.15, 0.2) is 11.5 Å². The number of hydrogen-bond donors (Lipinski definition) is 2. The smallest absolute Gasteiger partial charge is 0.220 e.